The molecule has 0 bridgehead atoms. The number of carbonyl (C=O) groups excluding carboxylic acids is 1. The topological polar surface area (TPSA) is 56.0 Å². The first-order chi connectivity index (χ1) is 6.73. The molecule has 1 heterocycles. The number of rotatable bonds is 1. The first kappa shape index (κ1) is 12.0. The van der Waals surface area contributed by atoms with Gasteiger partial charge in [-0.1, -0.05) is 0 Å². The van der Waals surface area contributed by atoms with Crippen LogP contribution in [0.5, 0.6) is 0 Å². The number of ketones is 1. The van der Waals surface area contributed by atoms with Crippen LogP contribution in [0.1, 0.15) is 23.0 Å². The van der Waals surface area contributed by atoms with Crippen molar-refractivity contribution in [1.82, 2.24) is 4.98 Å². The van der Waals surface area contributed by atoms with Crippen molar-refractivity contribution in [2.75, 3.05) is 5.73 Å². The monoisotopic (exact) mass is 282 g/mol. The van der Waals surface area contributed by atoms with E-state index in [2.05, 4.69) is 20.9 Å². The Morgan fingerprint density at radius 1 is 1.53 bits per heavy atom. The van der Waals surface area contributed by atoms with E-state index in [1.54, 1.807) is 0 Å². The van der Waals surface area contributed by atoms with Gasteiger partial charge in [0.05, 0.1) is 11.3 Å². The van der Waals surface area contributed by atoms with Crippen molar-refractivity contribution in [1.29, 1.82) is 0 Å². The van der Waals surface area contributed by atoms with Gasteiger partial charge in [0.2, 0.25) is 0 Å². The zero-order chi connectivity index (χ0) is 11.8. The van der Waals surface area contributed by atoms with Gasteiger partial charge < -0.3 is 5.73 Å². The summed E-state index contributed by atoms with van der Waals surface area (Å²) in [7, 11) is 0. The number of nitrogen functional groups attached to an aromatic ring is 1. The Hall–Kier alpha value is -1.11. The molecular weight excluding hydrogens is 277 g/mol. The number of Topliss-reactive ketones (excluding diaryl/α,β-unsaturated/α-hetero) is 1. The van der Waals surface area contributed by atoms with Crippen molar-refractivity contribution in [2.24, 2.45) is 0 Å². The maximum Gasteiger partial charge on any atom is 0.419 e. The largest absolute Gasteiger partial charge is 0.419 e. The number of alkyl halides is 3. The highest BCUT2D eigenvalue weighted by Crippen LogP contribution is 2.35. The fourth-order valence-corrected chi connectivity index (χ4v) is 1.50. The van der Waals surface area contributed by atoms with Crippen LogP contribution in [-0.4, -0.2) is 10.8 Å². The molecule has 0 aromatic carbocycles. The van der Waals surface area contributed by atoms with E-state index in [9.17, 15) is 18.0 Å². The molecule has 0 spiro atoms. The molecule has 3 nitrogen and oxygen atoms in total. The summed E-state index contributed by atoms with van der Waals surface area (Å²) in [4.78, 5) is 14.4. The maximum absolute atomic E-state index is 12.4. The second-order valence-corrected chi connectivity index (χ2v) is 3.57. The minimum absolute atomic E-state index is 0.171. The molecule has 0 fully saturated rings. The predicted molar refractivity (Wildman–Crippen MR) is 51.4 cm³/mol. The van der Waals surface area contributed by atoms with E-state index >= 15 is 0 Å². The number of nitrogens with two attached hydrogens (primary N) is 1. The Morgan fingerprint density at radius 3 is 2.47 bits per heavy atom. The fraction of sp³-hybridized carbons (Fsp3) is 0.250. The number of anilines is 1. The molecule has 0 radical (unpaired) electrons. The molecule has 7 heteroatoms. The molecule has 0 amide bonds. The number of pyridine rings is 1. The van der Waals surface area contributed by atoms with E-state index in [4.69, 9.17) is 5.73 Å². The summed E-state index contributed by atoms with van der Waals surface area (Å²) in [5.41, 5.74) is 3.84. The number of halogens is 4. The van der Waals surface area contributed by atoms with E-state index in [1.165, 1.54) is 6.92 Å². The van der Waals surface area contributed by atoms with Crippen LogP contribution in [0.2, 0.25) is 0 Å². The summed E-state index contributed by atoms with van der Waals surface area (Å²) < 4.78 is 36.6. The van der Waals surface area contributed by atoms with Crippen molar-refractivity contribution in [3.8, 4) is 0 Å². The Labute approximate surface area is 91.6 Å². The second kappa shape index (κ2) is 3.80. The molecule has 0 aliphatic heterocycles. The van der Waals surface area contributed by atoms with Crippen LogP contribution < -0.4 is 5.73 Å². The Bertz CT molecular complexity index is 417. The summed E-state index contributed by atoms with van der Waals surface area (Å²) in [6.45, 7) is 1.18. The standard InChI is InChI=1S/C8H6BrF3N2O/c1-3(15)6-5(13)2-4(7(9)14-6)8(10,11)12/h2H,13H2,1H3. The number of hydrogen-bond acceptors (Lipinski definition) is 3. The normalized spacial score (nSPS) is 11.5. The third-order valence-corrected chi connectivity index (χ3v) is 2.25. The molecule has 15 heavy (non-hydrogen) atoms. The predicted octanol–water partition coefficient (Wildman–Crippen LogP) is 2.65. The Kier molecular flexibility index (Phi) is 3.03. The van der Waals surface area contributed by atoms with Gasteiger partial charge in [-0.25, -0.2) is 4.98 Å². The van der Waals surface area contributed by atoms with Gasteiger partial charge >= 0.3 is 6.18 Å². The highest BCUT2D eigenvalue weighted by Gasteiger charge is 2.34. The van der Waals surface area contributed by atoms with Crippen LogP contribution in [0.25, 0.3) is 0 Å². The van der Waals surface area contributed by atoms with Crippen LogP contribution in [0, 0.1) is 0 Å². The van der Waals surface area contributed by atoms with E-state index in [-0.39, 0.29) is 11.4 Å². The smallest absolute Gasteiger partial charge is 0.397 e. The molecule has 0 atom stereocenters. The van der Waals surface area contributed by atoms with Gasteiger partial charge in [-0.2, -0.15) is 13.2 Å². The minimum Gasteiger partial charge on any atom is -0.397 e. The molecule has 0 unspecified atom stereocenters. The lowest BCUT2D eigenvalue weighted by atomic mass is 10.2. The second-order valence-electron chi connectivity index (χ2n) is 2.82. The van der Waals surface area contributed by atoms with Crippen LogP contribution in [-0.2, 0) is 6.18 Å². The Morgan fingerprint density at radius 2 is 2.07 bits per heavy atom. The van der Waals surface area contributed by atoms with E-state index in [1.807, 2.05) is 0 Å². The zero-order valence-corrected chi connectivity index (χ0v) is 9.11. The minimum atomic E-state index is -4.55. The number of hydrogen-bond donors (Lipinski definition) is 1. The quantitative estimate of drug-likeness (QED) is 0.636. The molecule has 0 saturated carbocycles. The lowest BCUT2D eigenvalue weighted by molar-refractivity contribution is -0.138. The van der Waals surface area contributed by atoms with Gasteiger partial charge in [-0.3, -0.25) is 4.79 Å². The van der Waals surface area contributed by atoms with Crippen molar-refractivity contribution in [3.63, 3.8) is 0 Å². The highest BCUT2D eigenvalue weighted by molar-refractivity contribution is 9.10. The van der Waals surface area contributed by atoms with E-state index in [0.29, 0.717) is 6.07 Å². The number of nitrogens with zero attached hydrogens (tertiary/aromatic N) is 1. The van der Waals surface area contributed by atoms with Crippen LogP contribution >= 0.6 is 15.9 Å². The lowest BCUT2D eigenvalue weighted by Gasteiger charge is -2.10. The molecule has 1 rings (SSSR count). The maximum atomic E-state index is 12.4. The molecule has 0 aliphatic rings. The molecule has 0 saturated heterocycles. The van der Waals surface area contributed by atoms with Gasteiger partial charge in [0.25, 0.3) is 0 Å². The Balaban J connectivity index is 3.39. The average molecular weight is 283 g/mol. The number of aromatic nitrogens is 1. The van der Waals surface area contributed by atoms with Crippen molar-refractivity contribution in [3.05, 3.63) is 21.9 Å². The van der Waals surface area contributed by atoms with Crippen LogP contribution in [0.4, 0.5) is 18.9 Å². The van der Waals surface area contributed by atoms with Crippen molar-refractivity contribution in [2.45, 2.75) is 13.1 Å². The van der Waals surface area contributed by atoms with Crippen LogP contribution in [0.3, 0.4) is 0 Å². The van der Waals surface area contributed by atoms with Crippen molar-refractivity contribution < 1.29 is 18.0 Å². The van der Waals surface area contributed by atoms with E-state index in [0.717, 1.165) is 0 Å². The molecule has 1 aromatic heterocycles. The van der Waals surface area contributed by atoms with Gasteiger partial charge in [0.1, 0.15) is 10.3 Å². The SMILES string of the molecule is CC(=O)c1nc(Br)c(C(F)(F)F)cc1N. The summed E-state index contributed by atoms with van der Waals surface area (Å²) in [6, 6.07) is 0.688. The van der Waals surface area contributed by atoms with Gasteiger partial charge in [0, 0.05) is 6.92 Å². The zero-order valence-electron chi connectivity index (χ0n) is 7.52. The van der Waals surface area contributed by atoms with Gasteiger partial charge in [-0.15, -0.1) is 0 Å². The van der Waals surface area contributed by atoms with Crippen molar-refractivity contribution >= 4 is 27.4 Å². The lowest BCUT2D eigenvalue weighted by Crippen LogP contribution is -2.12. The average Bonchev–Trinajstić information content (AvgIpc) is 2.06. The third kappa shape index (κ3) is 2.47. The first-order valence-corrected chi connectivity index (χ1v) is 4.57. The third-order valence-electron chi connectivity index (χ3n) is 1.64. The van der Waals surface area contributed by atoms with E-state index < -0.39 is 22.1 Å². The molecule has 2 N–H and O–H groups in total. The molecule has 0 aliphatic carbocycles. The van der Waals surface area contributed by atoms with Crippen LogP contribution in [0.15, 0.2) is 10.7 Å². The summed E-state index contributed by atoms with van der Waals surface area (Å²) in [5.74, 6) is -0.484. The van der Waals surface area contributed by atoms with Gasteiger partial charge in [-0.05, 0) is 22.0 Å². The fourth-order valence-electron chi connectivity index (χ4n) is 0.987. The highest BCUT2D eigenvalue weighted by atomic mass is 79.9. The summed E-state index contributed by atoms with van der Waals surface area (Å²) in [6.07, 6.45) is -4.55. The molecule has 82 valence electrons. The summed E-state index contributed by atoms with van der Waals surface area (Å²) >= 11 is 2.65. The molecule has 1 aromatic rings. The molecular formula is C8H6BrF3N2O. The summed E-state index contributed by atoms with van der Waals surface area (Å²) in [5, 5.41) is 0. The number of carbonyl (C=O) groups is 1. The van der Waals surface area contributed by atoms with Gasteiger partial charge in [0.15, 0.2) is 5.78 Å². The first-order valence-electron chi connectivity index (χ1n) is 3.77.